The van der Waals surface area contributed by atoms with E-state index in [2.05, 4.69) is 5.32 Å². The van der Waals surface area contributed by atoms with Crippen LogP contribution in [0.1, 0.15) is 12.8 Å². The lowest BCUT2D eigenvalue weighted by Crippen LogP contribution is -2.43. The normalized spacial score (nSPS) is 17.8. The second kappa shape index (κ2) is 7.65. The molecule has 0 aromatic heterocycles. The number of halogens is 1. The van der Waals surface area contributed by atoms with Gasteiger partial charge in [-0.05, 0) is 61.4 Å². The van der Waals surface area contributed by atoms with Crippen molar-refractivity contribution in [1.29, 1.82) is 0 Å². The topological polar surface area (TPSA) is 75.7 Å². The number of nitrogens with one attached hydrogen (secondary N) is 1. The van der Waals surface area contributed by atoms with E-state index in [4.69, 9.17) is 16.3 Å². The maximum absolute atomic E-state index is 12.9. The zero-order chi connectivity index (χ0) is 18.7. The van der Waals surface area contributed by atoms with Crippen molar-refractivity contribution in [2.75, 3.05) is 19.0 Å². The Balaban J connectivity index is 1.78. The van der Waals surface area contributed by atoms with Crippen LogP contribution in [0.25, 0.3) is 0 Å². The van der Waals surface area contributed by atoms with Crippen LogP contribution in [0.3, 0.4) is 0 Å². The van der Waals surface area contributed by atoms with E-state index in [0.717, 1.165) is 0 Å². The molecule has 1 aliphatic heterocycles. The molecule has 2 aromatic carbocycles. The van der Waals surface area contributed by atoms with Gasteiger partial charge in [0.2, 0.25) is 15.9 Å². The number of carbonyl (C=O) groups excluding carboxylic acids is 1. The Kier molecular flexibility index (Phi) is 5.50. The number of rotatable bonds is 5. The molecule has 1 amide bonds. The summed E-state index contributed by atoms with van der Waals surface area (Å²) in [7, 11) is -2.20. The van der Waals surface area contributed by atoms with Gasteiger partial charge in [0.25, 0.3) is 0 Å². The lowest BCUT2D eigenvalue weighted by Gasteiger charge is -2.23. The average molecular weight is 395 g/mol. The third-order valence-electron chi connectivity index (χ3n) is 4.28. The molecule has 2 aromatic rings. The maximum atomic E-state index is 12.9. The lowest BCUT2D eigenvalue weighted by atomic mass is 10.2. The third kappa shape index (κ3) is 3.85. The Morgan fingerprint density at radius 1 is 1.15 bits per heavy atom. The molecule has 8 heteroatoms. The molecular weight excluding hydrogens is 376 g/mol. The first-order chi connectivity index (χ1) is 12.4. The van der Waals surface area contributed by atoms with Crippen LogP contribution in [0, 0.1) is 0 Å². The molecule has 0 saturated carbocycles. The summed E-state index contributed by atoms with van der Waals surface area (Å²) in [6.07, 6.45) is 1.11. The van der Waals surface area contributed by atoms with Gasteiger partial charge in [0.05, 0.1) is 12.0 Å². The van der Waals surface area contributed by atoms with Crippen molar-refractivity contribution < 1.29 is 17.9 Å². The van der Waals surface area contributed by atoms with Crippen LogP contribution in [-0.4, -0.2) is 38.3 Å². The number of benzene rings is 2. The van der Waals surface area contributed by atoms with Crippen LogP contribution in [0.2, 0.25) is 5.02 Å². The van der Waals surface area contributed by atoms with Gasteiger partial charge in [-0.15, -0.1) is 0 Å². The second-order valence-corrected chi connectivity index (χ2v) is 8.27. The number of amides is 1. The molecule has 1 fully saturated rings. The molecule has 1 saturated heterocycles. The van der Waals surface area contributed by atoms with Gasteiger partial charge in [0, 0.05) is 17.3 Å². The number of carbonyl (C=O) groups is 1. The van der Waals surface area contributed by atoms with Crippen molar-refractivity contribution in [2.45, 2.75) is 23.8 Å². The summed E-state index contributed by atoms with van der Waals surface area (Å²) in [5.74, 6) is 0.334. The van der Waals surface area contributed by atoms with Gasteiger partial charge >= 0.3 is 0 Å². The fourth-order valence-corrected chi connectivity index (χ4v) is 4.71. The van der Waals surface area contributed by atoms with Crippen molar-refractivity contribution in [1.82, 2.24) is 4.31 Å². The highest BCUT2D eigenvalue weighted by Crippen LogP contribution is 2.28. The van der Waals surface area contributed by atoms with Crippen molar-refractivity contribution in [3.8, 4) is 5.75 Å². The number of methoxy groups -OCH3 is 1. The number of nitrogens with zero attached hydrogens (tertiary/aromatic N) is 1. The van der Waals surface area contributed by atoms with E-state index >= 15 is 0 Å². The Bertz CT molecular complexity index is 882. The van der Waals surface area contributed by atoms with Gasteiger partial charge in [-0.2, -0.15) is 4.31 Å². The Morgan fingerprint density at radius 3 is 2.42 bits per heavy atom. The minimum Gasteiger partial charge on any atom is -0.497 e. The van der Waals surface area contributed by atoms with E-state index in [1.54, 1.807) is 31.4 Å². The SMILES string of the molecule is COc1ccc(NC(=O)[C@@H]2CCCN2S(=O)(=O)c2ccc(Cl)cc2)cc1. The number of hydrogen-bond acceptors (Lipinski definition) is 4. The number of sulfonamides is 1. The number of ether oxygens (including phenoxy) is 1. The minimum absolute atomic E-state index is 0.131. The average Bonchev–Trinajstić information content (AvgIpc) is 3.13. The molecule has 0 bridgehead atoms. The van der Waals surface area contributed by atoms with E-state index in [-0.39, 0.29) is 10.8 Å². The fraction of sp³-hybridized carbons (Fsp3) is 0.278. The summed E-state index contributed by atoms with van der Waals surface area (Å²) in [6.45, 7) is 0.311. The summed E-state index contributed by atoms with van der Waals surface area (Å²) in [5, 5.41) is 3.23. The third-order valence-corrected chi connectivity index (χ3v) is 6.46. The zero-order valence-corrected chi connectivity index (χ0v) is 15.8. The van der Waals surface area contributed by atoms with Crippen LogP contribution in [0.5, 0.6) is 5.75 Å². The van der Waals surface area contributed by atoms with E-state index in [9.17, 15) is 13.2 Å². The Morgan fingerprint density at radius 2 is 1.81 bits per heavy atom. The molecule has 1 N–H and O–H groups in total. The standard InChI is InChI=1S/C18H19ClN2O4S/c1-25-15-8-6-14(7-9-15)20-18(22)17-3-2-12-21(17)26(23,24)16-10-4-13(19)5-11-16/h4-11,17H,2-3,12H2,1H3,(H,20,22)/t17-/m0/s1. The van der Waals surface area contributed by atoms with Crippen molar-refractivity contribution >= 4 is 33.2 Å². The van der Waals surface area contributed by atoms with E-state index < -0.39 is 16.1 Å². The van der Waals surface area contributed by atoms with Crippen LogP contribution in [0.15, 0.2) is 53.4 Å². The van der Waals surface area contributed by atoms with Crippen molar-refractivity contribution in [3.05, 3.63) is 53.6 Å². The van der Waals surface area contributed by atoms with Gasteiger partial charge in [0.15, 0.2) is 0 Å². The summed E-state index contributed by atoms with van der Waals surface area (Å²) in [6, 6.07) is 12.1. The molecule has 3 rings (SSSR count). The molecule has 0 aliphatic carbocycles. The van der Waals surface area contributed by atoms with Crippen LogP contribution in [-0.2, 0) is 14.8 Å². The highest BCUT2D eigenvalue weighted by atomic mass is 35.5. The fourth-order valence-electron chi connectivity index (χ4n) is 2.93. The van der Waals surface area contributed by atoms with E-state index in [1.807, 2.05) is 0 Å². The van der Waals surface area contributed by atoms with Crippen LogP contribution < -0.4 is 10.1 Å². The highest BCUT2D eigenvalue weighted by molar-refractivity contribution is 7.89. The molecule has 0 radical (unpaired) electrons. The lowest BCUT2D eigenvalue weighted by molar-refractivity contribution is -0.119. The van der Waals surface area contributed by atoms with E-state index in [1.165, 1.54) is 28.6 Å². The molecule has 1 heterocycles. The first-order valence-electron chi connectivity index (χ1n) is 8.14. The quantitative estimate of drug-likeness (QED) is 0.845. The summed E-state index contributed by atoms with van der Waals surface area (Å²) >= 11 is 5.83. The number of anilines is 1. The van der Waals surface area contributed by atoms with Gasteiger partial charge in [-0.1, -0.05) is 11.6 Å². The van der Waals surface area contributed by atoms with Crippen LogP contribution in [0.4, 0.5) is 5.69 Å². The van der Waals surface area contributed by atoms with E-state index in [0.29, 0.717) is 35.8 Å². The molecule has 1 atom stereocenters. The molecule has 0 unspecified atom stereocenters. The summed E-state index contributed by atoms with van der Waals surface area (Å²) in [4.78, 5) is 12.8. The maximum Gasteiger partial charge on any atom is 0.243 e. The smallest absolute Gasteiger partial charge is 0.243 e. The first kappa shape index (κ1) is 18.7. The predicted molar refractivity (Wildman–Crippen MR) is 100.0 cm³/mol. The predicted octanol–water partition coefficient (Wildman–Crippen LogP) is 3.14. The largest absolute Gasteiger partial charge is 0.497 e. The molecule has 26 heavy (non-hydrogen) atoms. The minimum atomic E-state index is -3.76. The van der Waals surface area contributed by atoms with Crippen molar-refractivity contribution in [3.63, 3.8) is 0 Å². The van der Waals surface area contributed by atoms with Crippen LogP contribution >= 0.6 is 11.6 Å². The molecule has 138 valence electrons. The monoisotopic (exact) mass is 394 g/mol. The summed E-state index contributed by atoms with van der Waals surface area (Å²) < 4.78 is 32.1. The molecule has 1 aliphatic rings. The molecule has 6 nitrogen and oxygen atoms in total. The molecular formula is C18H19ClN2O4S. The zero-order valence-electron chi connectivity index (χ0n) is 14.2. The van der Waals surface area contributed by atoms with Crippen molar-refractivity contribution in [2.24, 2.45) is 0 Å². The Labute approximate surface area is 157 Å². The first-order valence-corrected chi connectivity index (χ1v) is 9.96. The van der Waals surface area contributed by atoms with Gasteiger partial charge < -0.3 is 10.1 Å². The Hall–Kier alpha value is -2.09. The highest BCUT2D eigenvalue weighted by Gasteiger charge is 2.39. The number of hydrogen-bond donors (Lipinski definition) is 1. The second-order valence-electron chi connectivity index (χ2n) is 5.95. The van der Waals surface area contributed by atoms with Gasteiger partial charge in [0.1, 0.15) is 11.8 Å². The van der Waals surface area contributed by atoms with Gasteiger partial charge in [-0.25, -0.2) is 8.42 Å². The summed E-state index contributed by atoms with van der Waals surface area (Å²) in [5.41, 5.74) is 0.589. The van der Waals surface area contributed by atoms with Gasteiger partial charge in [-0.3, -0.25) is 4.79 Å². The molecule has 0 spiro atoms.